The number of fused-ring (bicyclic) bond motifs is 1. The van der Waals surface area contributed by atoms with Gasteiger partial charge >= 0.3 is 15.2 Å². The second kappa shape index (κ2) is 11.6. The molecule has 1 aliphatic carbocycles. The molecular formula is C19H27ClN6O9P2. The molecule has 1 saturated carbocycles. The summed E-state index contributed by atoms with van der Waals surface area (Å²) in [4.78, 5) is 27.1. The number of aliphatic hydroxyl groups excluding tert-OH is 2. The third-order valence-corrected chi connectivity index (χ3v) is 10.1. The summed E-state index contributed by atoms with van der Waals surface area (Å²) in [6, 6.07) is 1.96. The average molecular weight is 581 g/mol. The lowest BCUT2D eigenvalue weighted by Crippen LogP contribution is -2.33. The summed E-state index contributed by atoms with van der Waals surface area (Å²) in [6.07, 6.45) is -0.0333. The van der Waals surface area contributed by atoms with Crippen molar-refractivity contribution < 1.29 is 42.9 Å². The highest BCUT2D eigenvalue weighted by Gasteiger charge is 2.46. The van der Waals surface area contributed by atoms with E-state index in [0.29, 0.717) is 11.5 Å². The predicted molar refractivity (Wildman–Crippen MR) is 128 cm³/mol. The van der Waals surface area contributed by atoms with Crippen molar-refractivity contribution in [1.82, 2.24) is 19.6 Å². The van der Waals surface area contributed by atoms with Crippen molar-refractivity contribution in [2.24, 2.45) is 0 Å². The smallest absolute Gasteiger partial charge is 0.342 e. The average Bonchev–Trinajstić information content (AvgIpc) is 3.53. The maximum atomic E-state index is 12.9. The Labute approximate surface area is 216 Å². The summed E-state index contributed by atoms with van der Waals surface area (Å²) in [5.41, 5.74) is 0.597. The van der Waals surface area contributed by atoms with Crippen LogP contribution in [-0.2, 0) is 22.9 Å². The molecule has 5 N–H and O–H groups in total. The first-order valence-electron chi connectivity index (χ1n) is 11.5. The molecule has 18 heteroatoms. The Morgan fingerprint density at radius 3 is 2.65 bits per heavy atom. The number of hydrogen-bond acceptors (Lipinski definition) is 12. The molecule has 4 rings (SSSR count). The minimum Gasteiger partial charge on any atom is -0.387 e. The van der Waals surface area contributed by atoms with Crippen molar-refractivity contribution in [3.05, 3.63) is 17.2 Å². The molecule has 204 valence electrons. The van der Waals surface area contributed by atoms with E-state index < -0.39 is 52.1 Å². The summed E-state index contributed by atoms with van der Waals surface area (Å²) in [7, 11) is -9.18. The van der Waals surface area contributed by atoms with Gasteiger partial charge in [-0.25, -0.2) is 9.50 Å². The van der Waals surface area contributed by atoms with E-state index in [2.05, 4.69) is 20.4 Å². The maximum Gasteiger partial charge on any atom is 0.342 e. The number of ether oxygens (including phenoxy) is 1. The normalized spacial score (nSPS) is 26.4. The SMILES string of the molecule is N#CCCOP(=O)(CP(=O)(O)O)OC[C@H]1O[C@@H](c2cnc3c(NC4CCCC4)nc(Cl)nn23)C(O)C1O. The minimum atomic E-state index is -4.82. The van der Waals surface area contributed by atoms with E-state index in [4.69, 9.17) is 30.6 Å². The van der Waals surface area contributed by atoms with Crippen LogP contribution in [0, 0.1) is 11.3 Å². The van der Waals surface area contributed by atoms with Gasteiger partial charge in [-0.15, -0.1) is 5.10 Å². The molecule has 0 amide bonds. The van der Waals surface area contributed by atoms with Crippen molar-refractivity contribution in [2.45, 2.75) is 62.6 Å². The number of anilines is 1. The monoisotopic (exact) mass is 580 g/mol. The van der Waals surface area contributed by atoms with Gasteiger partial charge in [-0.05, 0) is 24.4 Å². The fourth-order valence-electron chi connectivity index (χ4n) is 4.32. The first kappa shape index (κ1) is 28.3. The number of rotatable bonds is 11. The molecule has 0 spiro atoms. The Bertz CT molecular complexity index is 1250. The van der Waals surface area contributed by atoms with Crippen LogP contribution in [0.4, 0.5) is 5.82 Å². The Morgan fingerprint density at radius 1 is 1.24 bits per heavy atom. The van der Waals surface area contributed by atoms with Crippen molar-refractivity contribution >= 4 is 38.3 Å². The summed E-state index contributed by atoms with van der Waals surface area (Å²) >= 11 is 6.13. The van der Waals surface area contributed by atoms with Crippen LogP contribution < -0.4 is 5.32 Å². The van der Waals surface area contributed by atoms with Crippen molar-refractivity contribution in [2.75, 3.05) is 24.4 Å². The molecule has 1 saturated heterocycles. The van der Waals surface area contributed by atoms with E-state index in [1.165, 1.54) is 10.7 Å². The van der Waals surface area contributed by atoms with Crippen LogP contribution >= 0.6 is 26.8 Å². The van der Waals surface area contributed by atoms with E-state index in [0.717, 1.165) is 25.7 Å². The third-order valence-electron chi connectivity index (χ3n) is 6.01. The van der Waals surface area contributed by atoms with Gasteiger partial charge in [0.1, 0.15) is 24.4 Å². The second-order valence-corrected chi connectivity index (χ2v) is 13.3. The molecule has 2 aliphatic rings. The van der Waals surface area contributed by atoms with Gasteiger partial charge in [0, 0.05) is 6.04 Å². The molecule has 5 atom stereocenters. The summed E-state index contributed by atoms with van der Waals surface area (Å²) < 4.78 is 41.5. The second-order valence-electron chi connectivity index (χ2n) is 8.80. The summed E-state index contributed by atoms with van der Waals surface area (Å²) in [5.74, 6) is -0.807. The van der Waals surface area contributed by atoms with E-state index in [1.54, 1.807) is 6.07 Å². The molecule has 2 fully saturated rings. The van der Waals surface area contributed by atoms with Gasteiger partial charge in [-0.2, -0.15) is 10.2 Å². The Hall–Kier alpha value is -1.69. The fraction of sp³-hybridized carbons (Fsp3) is 0.684. The Kier molecular flexibility index (Phi) is 8.87. The fourth-order valence-corrected chi connectivity index (χ4v) is 7.76. The molecule has 3 unspecified atom stereocenters. The molecule has 2 aromatic rings. The van der Waals surface area contributed by atoms with Gasteiger partial charge < -0.3 is 39.1 Å². The van der Waals surface area contributed by atoms with E-state index in [-0.39, 0.29) is 30.0 Å². The zero-order chi connectivity index (χ0) is 26.8. The molecule has 37 heavy (non-hydrogen) atoms. The van der Waals surface area contributed by atoms with Crippen LogP contribution in [0.1, 0.15) is 43.9 Å². The van der Waals surface area contributed by atoms with Crippen molar-refractivity contribution in [3.8, 4) is 6.07 Å². The lowest BCUT2D eigenvalue weighted by atomic mass is 10.1. The molecule has 0 bridgehead atoms. The zero-order valence-electron chi connectivity index (χ0n) is 19.5. The first-order valence-corrected chi connectivity index (χ1v) is 15.4. The van der Waals surface area contributed by atoms with Gasteiger partial charge in [0.2, 0.25) is 5.28 Å². The van der Waals surface area contributed by atoms with E-state index in [1.807, 2.05) is 0 Å². The van der Waals surface area contributed by atoms with Crippen LogP contribution in [0.5, 0.6) is 0 Å². The van der Waals surface area contributed by atoms with Gasteiger partial charge in [0.25, 0.3) is 0 Å². The Morgan fingerprint density at radius 2 is 1.97 bits per heavy atom. The predicted octanol–water partition coefficient (Wildman–Crippen LogP) is 1.57. The summed E-state index contributed by atoms with van der Waals surface area (Å²) in [6.45, 7) is -1.01. The molecule has 1 aliphatic heterocycles. The lowest BCUT2D eigenvalue weighted by molar-refractivity contribution is -0.0215. The maximum absolute atomic E-state index is 12.9. The van der Waals surface area contributed by atoms with Gasteiger partial charge in [-0.1, -0.05) is 12.8 Å². The number of imidazole rings is 1. The van der Waals surface area contributed by atoms with Crippen LogP contribution in [0.15, 0.2) is 6.20 Å². The number of aromatic nitrogens is 4. The van der Waals surface area contributed by atoms with Crippen LogP contribution in [0.25, 0.3) is 5.65 Å². The quantitative estimate of drug-likeness (QED) is 0.188. The van der Waals surface area contributed by atoms with Crippen LogP contribution in [-0.4, -0.2) is 83.1 Å². The summed E-state index contributed by atoms with van der Waals surface area (Å²) in [5, 5.41) is 37.3. The number of nitrogens with zero attached hydrogens (tertiary/aromatic N) is 5. The van der Waals surface area contributed by atoms with Crippen LogP contribution in [0.3, 0.4) is 0 Å². The highest BCUT2D eigenvalue weighted by Crippen LogP contribution is 2.59. The lowest BCUT2D eigenvalue weighted by Gasteiger charge is -2.21. The molecule has 3 heterocycles. The van der Waals surface area contributed by atoms with Gasteiger partial charge in [0.05, 0.1) is 37.6 Å². The molecule has 0 aromatic carbocycles. The largest absolute Gasteiger partial charge is 0.387 e. The highest BCUT2D eigenvalue weighted by molar-refractivity contribution is 7.70. The van der Waals surface area contributed by atoms with Gasteiger partial charge in [-0.3, -0.25) is 9.13 Å². The number of nitrogens with one attached hydrogen (secondary N) is 1. The number of aliphatic hydroxyl groups is 2. The standard InChI is InChI=1S/C19H27ClN6O9P2/c20-19-24-17(23-11-4-1-2-5-11)18-22-8-12(26(18)25-19)16-15(28)14(27)13(35-16)9-34-37(32,10-36(29,30)31)33-7-3-6-21/h8,11,13-16,27-28H,1-5,7,9-10H2,(H,23,24,25)(H2,29,30,31)/t13-,14?,15?,16+,37?/m1/s1. The van der Waals surface area contributed by atoms with Crippen molar-refractivity contribution in [3.63, 3.8) is 0 Å². The van der Waals surface area contributed by atoms with E-state index >= 15 is 0 Å². The highest BCUT2D eigenvalue weighted by atomic mass is 35.5. The number of halogens is 1. The van der Waals surface area contributed by atoms with Crippen molar-refractivity contribution in [1.29, 1.82) is 5.26 Å². The van der Waals surface area contributed by atoms with Gasteiger partial charge in [0.15, 0.2) is 17.4 Å². The number of hydrogen-bond donors (Lipinski definition) is 5. The van der Waals surface area contributed by atoms with Crippen LogP contribution in [0.2, 0.25) is 5.28 Å². The third kappa shape index (κ3) is 6.85. The molecule has 15 nitrogen and oxygen atoms in total. The minimum absolute atomic E-state index is 0.0759. The topological polar surface area (TPSA) is 222 Å². The van der Waals surface area contributed by atoms with E-state index in [9.17, 15) is 29.1 Å². The zero-order valence-corrected chi connectivity index (χ0v) is 22.0. The molecule has 2 aromatic heterocycles. The molecule has 0 radical (unpaired) electrons. The molecular weight excluding hydrogens is 554 g/mol. The Balaban J connectivity index is 1.51. The number of nitriles is 1. The first-order chi connectivity index (χ1) is 17.5.